The molecule has 5 atom stereocenters. The van der Waals surface area contributed by atoms with Gasteiger partial charge in [0.1, 0.15) is 18.4 Å². The third-order valence-corrected chi connectivity index (χ3v) is 7.88. The smallest absolute Gasteiger partial charge is 0.321 e. The number of aromatic nitrogens is 4. The van der Waals surface area contributed by atoms with Gasteiger partial charge in [0.15, 0.2) is 5.82 Å². The predicted octanol–water partition coefficient (Wildman–Crippen LogP) is -0.260. The van der Waals surface area contributed by atoms with Gasteiger partial charge in [0.2, 0.25) is 17.7 Å². The van der Waals surface area contributed by atoms with Gasteiger partial charge in [-0.1, -0.05) is 43.7 Å². The molecule has 216 valence electrons. The topological polar surface area (TPSA) is 199 Å². The summed E-state index contributed by atoms with van der Waals surface area (Å²) < 4.78 is 0. The maximum atomic E-state index is 13.3. The lowest BCUT2D eigenvalue weighted by molar-refractivity contribution is -0.141. The first-order chi connectivity index (χ1) is 19.2. The van der Waals surface area contributed by atoms with Crippen LogP contribution in [0, 0.1) is 5.92 Å². The van der Waals surface area contributed by atoms with Crippen LogP contribution in [0.15, 0.2) is 35.2 Å². The average Bonchev–Trinajstić information content (AvgIpc) is 3.63. The number of aliphatic carboxylic acids is 1. The van der Waals surface area contributed by atoms with E-state index in [4.69, 9.17) is 0 Å². The largest absolute Gasteiger partial charge is 0.480 e. The standard InChI is InChI=1S/C25H34N8O6S/c1-3-15(2)22(28-18(9-10-34)25(38)39)24(37)27-13-21(35)33-14-17(40-16-7-5-4-6-8-16)11-19(33)23(36)26-12-20-29-31-32-30-20/h4-8,10,15,17-19,22,28H,3,9,11-14H2,1-2H3,(H,26,36)(H,27,37)(H,38,39)(H,29,30,31,32)/t15-,17+,18?,19-,22-/m0/s1. The molecule has 14 nitrogen and oxygen atoms in total. The number of likely N-dealkylation sites (tertiary alicyclic amines) is 1. The first-order valence-corrected chi connectivity index (χ1v) is 13.8. The predicted molar refractivity (Wildman–Crippen MR) is 144 cm³/mol. The highest BCUT2D eigenvalue weighted by Gasteiger charge is 2.40. The van der Waals surface area contributed by atoms with Crippen LogP contribution in [0.5, 0.6) is 0 Å². The van der Waals surface area contributed by atoms with Crippen LogP contribution in [-0.4, -0.2) is 97.1 Å². The van der Waals surface area contributed by atoms with Gasteiger partial charge in [0, 0.05) is 23.1 Å². The van der Waals surface area contributed by atoms with Crippen molar-refractivity contribution in [3.8, 4) is 0 Å². The van der Waals surface area contributed by atoms with Crippen LogP contribution in [0.1, 0.15) is 38.9 Å². The molecule has 2 aromatic rings. The molecule has 0 radical (unpaired) electrons. The summed E-state index contributed by atoms with van der Waals surface area (Å²) in [6, 6.07) is 6.70. The fourth-order valence-electron chi connectivity index (χ4n) is 4.30. The Bertz CT molecular complexity index is 1150. The second-order valence-electron chi connectivity index (χ2n) is 9.44. The molecule has 1 unspecified atom stereocenters. The zero-order chi connectivity index (χ0) is 29.1. The Balaban J connectivity index is 1.68. The van der Waals surface area contributed by atoms with Crippen LogP contribution in [0.2, 0.25) is 0 Å². The van der Waals surface area contributed by atoms with E-state index in [1.54, 1.807) is 18.7 Å². The zero-order valence-electron chi connectivity index (χ0n) is 22.3. The highest BCUT2D eigenvalue weighted by Crippen LogP contribution is 2.33. The maximum absolute atomic E-state index is 13.3. The minimum Gasteiger partial charge on any atom is -0.480 e. The van der Waals surface area contributed by atoms with Crippen LogP contribution >= 0.6 is 11.8 Å². The number of aldehydes is 1. The van der Waals surface area contributed by atoms with Gasteiger partial charge >= 0.3 is 5.97 Å². The Kier molecular flexibility index (Phi) is 11.6. The fourth-order valence-corrected chi connectivity index (χ4v) is 5.51. The first kappa shape index (κ1) is 30.7. The number of nitrogens with one attached hydrogen (secondary N) is 4. The van der Waals surface area contributed by atoms with E-state index in [1.165, 1.54) is 4.90 Å². The molecule has 2 heterocycles. The number of nitrogens with zero attached hydrogens (tertiary/aromatic N) is 4. The van der Waals surface area contributed by atoms with E-state index in [9.17, 15) is 29.1 Å². The van der Waals surface area contributed by atoms with Crippen molar-refractivity contribution in [2.45, 2.75) is 67.9 Å². The molecule has 1 aliphatic rings. The van der Waals surface area contributed by atoms with Crippen molar-refractivity contribution in [2.24, 2.45) is 5.92 Å². The molecule has 1 saturated heterocycles. The Morgan fingerprint density at radius 2 is 1.98 bits per heavy atom. The monoisotopic (exact) mass is 574 g/mol. The Hall–Kier alpha value is -3.85. The van der Waals surface area contributed by atoms with Crippen molar-refractivity contribution in [3.05, 3.63) is 36.2 Å². The molecule has 1 aromatic heterocycles. The average molecular weight is 575 g/mol. The molecule has 40 heavy (non-hydrogen) atoms. The van der Waals surface area contributed by atoms with E-state index in [2.05, 4.69) is 36.6 Å². The zero-order valence-corrected chi connectivity index (χ0v) is 23.1. The van der Waals surface area contributed by atoms with Crippen molar-refractivity contribution in [3.63, 3.8) is 0 Å². The minimum atomic E-state index is -1.25. The van der Waals surface area contributed by atoms with Crippen LogP contribution in [0.25, 0.3) is 0 Å². The Morgan fingerprint density at radius 3 is 2.60 bits per heavy atom. The third kappa shape index (κ3) is 8.58. The molecule has 15 heteroatoms. The molecule has 0 spiro atoms. The van der Waals surface area contributed by atoms with E-state index in [0.29, 0.717) is 31.5 Å². The number of thioether (sulfide) groups is 1. The Labute approximate surface area is 235 Å². The molecule has 1 aromatic carbocycles. The quantitative estimate of drug-likeness (QED) is 0.176. The van der Waals surface area contributed by atoms with E-state index in [-0.39, 0.29) is 36.6 Å². The number of amides is 3. The van der Waals surface area contributed by atoms with Crippen LogP contribution < -0.4 is 16.0 Å². The second-order valence-corrected chi connectivity index (χ2v) is 10.8. The molecule has 5 N–H and O–H groups in total. The fraction of sp³-hybridized carbons (Fsp3) is 0.520. The van der Waals surface area contributed by atoms with Crippen molar-refractivity contribution in [2.75, 3.05) is 13.1 Å². The summed E-state index contributed by atoms with van der Waals surface area (Å²) in [4.78, 5) is 64.3. The van der Waals surface area contributed by atoms with Gasteiger partial charge in [-0.25, -0.2) is 0 Å². The molecular weight excluding hydrogens is 540 g/mol. The van der Waals surface area contributed by atoms with Gasteiger partial charge < -0.3 is 25.4 Å². The van der Waals surface area contributed by atoms with E-state index in [0.717, 1.165) is 4.90 Å². The highest BCUT2D eigenvalue weighted by atomic mass is 32.2. The number of carbonyl (C=O) groups excluding carboxylic acids is 4. The van der Waals surface area contributed by atoms with Gasteiger partial charge in [-0.05, 0) is 24.5 Å². The van der Waals surface area contributed by atoms with Gasteiger partial charge in [-0.15, -0.1) is 22.0 Å². The van der Waals surface area contributed by atoms with Gasteiger partial charge in [-0.2, -0.15) is 5.21 Å². The van der Waals surface area contributed by atoms with Crippen LogP contribution in [-0.2, 0) is 30.5 Å². The number of aromatic amines is 1. The highest BCUT2D eigenvalue weighted by molar-refractivity contribution is 8.00. The van der Waals surface area contributed by atoms with Crippen molar-refractivity contribution >= 4 is 41.7 Å². The summed E-state index contributed by atoms with van der Waals surface area (Å²) in [5.41, 5.74) is 0. The number of carbonyl (C=O) groups is 5. The maximum Gasteiger partial charge on any atom is 0.321 e. The molecule has 0 saturated carbocycles. The summed E-state index contributed by atoms with van der Waals surface area (Å²) in [5, 5.41) is 30.8. The number of carboxylic acid groups (broad SMARTS) is 1. The molecule has 1 aliphatic heterocycles. The third-order valence-electron chi connectivity index (χ3n) is 6.66. The van der Waals surface area contributed by atoms with Gasteiger partial charge in [-0.3, -0.25) is 24.5 Å². The molecule has 3 amide bonds. The number of benzene rings is 1. The van der Waals surface area contributed by atoms with Crippen molar-refractivity contribution in [1.29, 1.82) is 0 Å². The van der Waals surface area contributed by atoms with Crippen molar-refractivity contribution in [1.82, 2.24) is 41.5 Å². The molecule has 0 aliphatic carbocycles. The van der Waals surface area contributed by atoms with E-state index in [1.807, 2.05) is 37.3 Å². The minimum absolute atomic E-state index is 0.0366. The number of hydrogen-bond donors (Lipinski definition) is 5. The van der Waals surface area contributed by atoms with E-state index < -0.39 is 35.9 Å². The lowest BCUT2D eigenvalue weighted by atomic mass is 9.97. The van der Waals surface area contributed by atoms with Gasteiger partial charge in [0.25, 0.3) is 0 Å². The van der Waals surface area contributed by atoms with Crippen LogP contribution in [0.3, 0.4) is 0 Å². The summed E-state index contributed by atoms with van der Waals surface area (Å²) in [6.45, 7) is 3.57. The number of rotatable bonds is 15. The number of hydrogen-bond acceptors (Lipinski definition) is 10. The number of tetrazole rings is 1. The summed E-state index contributed by atoms with van der Waals surface area (Å²) in [5.74, 6) is -2.62. The molecule has 0 bridgehead atoms. The van der Waals surface area contributed by atoms with Crippen LogP contribution in [0.4, 0.5) is 0 Å². The molecule has 3 rings (SSSR count). The van der Waals surface area contributed by atoms with Gasteiger partial charge in [0.05, 0.1) is 19.1 Å². The normalized spacial score (nSPS) is 18.9. The summed E-state index contributed by atoms with van der Waals surface area (Å²) >= 11 is 1.56. The molecule has 1 fully saturated rings. The second kappa shape index (κ2) is 15.1. The lowest BCUT2D eigenvalue weighted by Crippen LogP contribution is -2.55. The molecular formula is C25H34N8O6S. The lowest BCUT2D eigenvalue weighted by Gasteiger charge is -2.27. The summed E-state index contributed by atoms with van der Waals surface area (Å²) in [7, 11) is 0. The summed E-state index contributed by atoms with van der Waals surface area (Å²) in [6.07, 6.45) is 1.13. The Morgan fingerprint density at radius 1 is 1.23 bits per heavy atom. The number of carboxylic acids is 1. The SMILES string of the molecule is CC[C@H](C)[C@H](NC(CC=O)C(=O)O)C(=O)NCC(=O)N1C[C@H](Sc2ccccc2)C[C@H]1C(=O)NCc1nn[nH]n1. The number of H-pyrrole nitrogens is 1. The first-order valence-electron chi connectivity index (χ1n) is 12.9. The van der Waals surface area contributed by atoms with E-state index >= 15 is 0 Å². The van der Waals surface area contributed by atoms with Crippen molar-refractivity contribution < 1.29 is 29.1 Å².